The maximum Gasteiger partial charge on any atom is 0.343 e. The summed E-state index contributed by atoms with van der Waals surface area (Å²) in [5.74, 6) is -0.829. The van der Waals surface area contributed by atoms with E-state index in [1.165, 1.54) is 18.2 Å². The number of para-hydroxylation sites is 1. The van der Waals surface area contributed by atoms with E-state index in [0.29, 0.717) is 32.9 Å². The average Bonchev–Trinajstić information content (AvgIpc) is 2.96. The van der Waals surface area contributed by atoms with Crippen LogP contribution in [0.15, 0.2) is 120 Å². The molecule has 0 spiro atoms. The van der Waals surface area contributed by atoms with Crippen LogP contribution in [0, 0.1) is 0 Å². The van der Waals surface area contributed by atoms with Crippen molar-refractivity contribution in [2.45, 2.75) is 4.90 Å². The van der Waals surface area contributed by atoms with Crippen molar-refractivity contribution in [3.8, 4) is 28.0 Å². The van der Waals surface area contributed by atoms with Crippen LogP contribution in [0.5, 0.6) is 5.75 Å². The topological polar surface area (TPSA) is 60.4 Å². The lowest BCUT2D eigenvalue weighted by Gasteiger charge is -2.25. The minimum Gasteiger partial charge on any atom is -0.423 e. The number of carbonyl (C=O) groups is 3. The van der Waals surface area contributed by atoms with Gasteiger partial charge < -0.3 is 4.74 Å². The number of ether oxygens (including phenoxy) is 1. The van der Waals surface area contributed by atoms with Gasteiger partial charge in [-0.05, 0) is 53.1 Å². The molecule has 0 saturated carbocycles. The molecule has 182 valence electrons. The van der Waals surface area contributed by atoms with E-state index in [1.54, 1.807) is 24.3 Å². The number of esters is 1. The third-order valence-corrected chi connectivity index (χ3v) is 6.96. The number of hydrogen-bond acceptors (Lipinski definition) is 5. The monoisotopic (exact) mass is 512 g/mol. The lowest BCUT2D eigenvalue weighted by atomic mass is 9.77. The molecule has 5 heteroatoms. The van der Waals surface area contributed by atoms with Gasteiger partial charge in [0.25, 0.3) is 0 Å². The second kappa shape index (κ2) is 9.61. The highest BCUT2D eigenvalue weighted by molar-refractivity contribution is 7.80. The summed E-state index contributed by atoms with van der Waals surface area (Å²) >= 11 is 4.77. The van der Waals surface area contributed by atoms with Crippen molar-refractivity contribution in [3.05, 3.63) is 143 Å². The summed E-state index contributed by atoms with van der Waals surface area (Å²) in [6.45, 7) is 0. The van der Waals surface area contributed by atoms with Gasteiger partial charge in [0.2, 0.25) is 0 Å². The van der Waals surface area contributed by atoms with Crippen LogP contribution in [0.25, 0.3) is 22.3 Å². The van der Waals surface area contributed by atoms with Crippen molar-refractivity contribution in [2.24, 2.45) is 0 Å². The van der Waals surface area contributed by atoms with Gasteiger partial charge in [-0.15, -0.1) is 12.6 Å². The van der Waals surface area contributed by atoms with Gasteiger partial charge in [-0.1, -0.05) is 78.9 Å². The number of rotatable bonds is 4. The molecule has 0 unspecified atom stereocenters. The first kappa shape index (κ1) is 23.6. The van der Waals surface area contributed by atoms with Crippen molar-refractivity contribution in [1.29, 1.82) is 0 Å². The van der Waals surface area contributed by atoms with E-state index in [0.717, 1.165) is 11.1 Å². The van der Waals surface area contributed by atoms with Gasteiger partial charge in [0.1, 0.15) is 5.75 Å². The van der Waals surface area contributed by atoms with Crippen LogP contribution in [0.2, 0.25) is 0 Å². The molecule has 1 aliphatic carbocycles. The molecule has 0 aliphatic heterocycles. The highest BCUT2D eigenvalue weighted by Crippen LogP contribution is 2.43. The standard InChI is InChI=1S/C33H20O4S/c34-31-24-17-16-22(33(36)37-23-14-8-3-9-15-23)18-26(24)32(35)29-25(20-10-4-1-5-11-20)19-27(38)28(30(29)31)21-12-6-2-7-13-21/h1-19,38H. The highest BCUT2D eigenvalue weighted by atomic mass is 32.1. The van der Waals surface area contributed by atoms with Gasteiger partial charge in [-0.25, -0.2) is 4.79 Å². The molecule has 0 fully saturated rings. The van der Waals surface area contributed by atoms with Gasteiger partial charge in [0, 0.05) is 32.7 Å². The van der Waals surface area contributed by atoms with E-state index in [4.69, 9.17) is 17.4 Å². The van der Waals surface area contributed by atoms with Crippen LogP contribution in [0.1, 0.15) is 42.2 Å². The molecule has 0 aromatic heterocycles. The second-order valence-electron chi connectivity index (χ2n) is 8.92. The van der Waals surface area contributed by atoms with Gasteiger partial charge in [-0.3, -0.25) is 9.59 Å². The van der Waals surface area contributed by atoms with Crippen LogP contribution in [0.4, 0.5) is 0 Å². The van der Waals surface area contributed by atoms with Gasteiger partial charge in [0.15, 0.2) is 11.6 Å². The molecule has 0 N–H and O–H groups in total. The van der Waals surface area contributed by atoms with Gasteiger partial charge in [0.05, 0.1) is 5.56 Å². The molecule has 0 heterocycles. The molecule has 0 saturated heterocycles. The number of hydrogen-bond donors (Lipinski definition) is 1. The molecular formula is C33H20O4S. The predicted molar refractivity (Wildman–Crippen MR) is 149 cm³/mol. The number of thiol groups is 1. The molecule has 5 aromatic carbocycles. The summed E-state index contributed by atoms with van der Waals surface area (Å²) in [6, 6.07) is 33.9. The normalized spacial score (nSPS) is 12.0. The summed E-state index contributed by atoms with van der Waals surface area (Å²) in [5, 5.41) is 0. The Morgan fingerprint density at radius 1 is 0.553 bits per heavy atom. The fraction of sp³-hybridized carbons (Fsp3) is 0. The zero-order valence-electron chi connectivity index (χ0n) is 20.0. The lowest BCUT2D eigenvalue weighted by molar-refractivity contribution is 0.0734. The molecule has 6 rings (SSSR count). The minimum atomic E-state index is -0.607. The number of benzene rings is 5. The van der Waals surface area contributed by atoms with E-state index in [-0.39, 0.29) is 28.3 Å². The van der Waals surface area contributed by atoms with Crippen LogP contribution in [-0.2, 0) is 0 Å². The van der Waals surface area contributed by atoms with Crippen LogP contribution >= 0.6 is 12.6 Å². The smallest absolute Gasteiger partial charge is 0.343 e. The average molecular weight is 513 g/mol. The maximum atomic E-state index is 14.1. The van der Waals surface area contributed by atoms with Crippen molar-refractivity contribution >= 4 is 30.2 Å². The third kappa shape index (κ3) is 4.03. The van der Waals surface area contributed by atoms with Crippen LogP contribution < -0.4 is 4.74 Å². The molecule has 1 aliphatic rings. The molecule has 38 heavy (non-hydrogen) atoms. The molecule has 4 nitrogen and oxygen atoms in total. The number of ketones is 2. The predicted octanol–water partition coefficient (Wildman–Crippen LogP) is 7.30. The Morgan fingerprint density at radius 3 is 1.79 bits per heavy atom. The van der Waals surface area contributed by atoms with E-state index >= 15 is 0 Å². The molecule has 0 bridgehead atoms. The minimum absolute atomic E-state index is 0.174. The Balaban J connectivity index is 1.54. The van der Waals surface area contributed by atoms with E-state index < -0.39 is 5.97 Å². The van der Waals surface area contributed by atoms with Crippen molar-refractivity contribution in [1.82, 2.24) is 0 Å². The van der Waals surface area contributed by atoms with Crippen molar-refractivity contribution < 1.29 is 19.1 Å². The summed E-state index contributed by atoms with van der Waals surface area (Å²) < 4.78 is 5.46. The Labute approximate surface area is 225 Å². The third-order valence-electron chi connectivity index (χ3n) is 6.61. The zero-order chi connectivity index (χ0) is 26.2. The lowest BCUT2D eigenvalue weighted by Crippen LogP contribution is -2.24. The largest absolute Gasteiger partial charge is 0.423 e. The summed E-state index contributed by atoms with van der Waals surface area (Å²) in [5.41, 5.74) is 4.05. The molecule has 0 radical (unpaired) electrons. The Morgan fingerprint density at radius 2 is 1.13 bits per heavy atom. The fourth-order valence-corrected chi connectivity index (χ4v) is 5.23. The first-order valence-electron chi connectivity index (χ1n) is 12.0. The summed E-state index contributed by atoms with van der Waals surface area (Å²) in [6.07, 6.45) is 0. The first-order chi connectivity index (χ1) is 18.5. The Hall–Kier alpha value is -4.74. The zero-order valence-corrected chi connectivity index (χ0v) is 20.9. The van der Waals surface area contributed by atoms with Crippen molar-refractivity contribution in [3.63, 3.8) is 0 Å². The Kier molecular flexibility index (Phi) is 5.98. The number of carbonyl (C=O) groups excluding carboxylic acids is 3. The molecule has 0 amide bonds. The fourth-order valence-electron chi connectivity index (χ4n) is 4.86. The summed E-state index contributed by atoms with van der Waals surface area (Å²) in [7, 11) is 0. The molecule has 5 aromatic rings. The van der Waals surface area contributed by atoms with Gasteiger partial charge in [-0.2, -0.15) is 0 Å². The highest BCUT2D eigenvalue weighted by Gasteiger charge is 2.36. The quantitative estimate of drug-likeness (QED) is 0.153. The second-order valence-corrected chi connectivity index (χ2v) is 9.40. The van der Waals surface area contributed by atoms with E-state index in [2.05, 4.69) is 0 Å². The van der Waals surface area contributed by atoms with Crippen molar-refractivity contribution in [2.75, 3.05) is 0 Å². The van der Waals surface area contributed by atoms with Gasteiger partial charge >= 0.3 is 5.97 Å². The first-order valence-corrected chi connectivity index (χ1v) is 12.5. The SMILES string of the molecule is O=C(Oc1ccccc1)c1ccc2c(c1)C(=O)c1c(-c3ccccc3)cc(S)c(-c3ccccc3)c1C2=O. The number of fused-ring (bicyclic) bond motifs is 2. The van der Waals surface area contributed by atoms with E-state index in [1.807, 2.05) is 72.8 Å². The molecule has 0 atom stereocenters. The van der Waals surface area contributed by atoms with Crippen LogP contribution in [-0.4, -0.2) is 17.5 Å². The maximum absolute atomic E-state index is 14.1. The van der Waals surface area contributed by atoms with E-state index in [9.17, 15) is 14.4 Å². The Bertz CT molecular complexity index is 1730. The molecular weight excluding hydrogens is 492 g/mol. The summed E-state index contributed by atoms with van der Waals surface area (Å²) in [4.78, 5) is 41.7. The van der Waals surface area contributed by atoms with Crippen LogP contribution in [0.3, 0.4) is 0 Å².